The molecular weight excluding hydrogens is 254 g/mol. The summed E-state index contributed by atoms with van der Waals surface area (Å²) in [5.41, 5.74) is -0.680. The van der Waals surface area contributed by atoms with Crippen LogP contribution >= 0.6 is 0 Å². The average Bonchev–Trinajstić information content (AvgIpc) is 3.11. The Kier molecular flexibility index (Phi) is 4.81. The molecule has 1 N–H and O–H groups in total. The van der Waals surface area contributed by atoms with E-state index in [2.05, 4.69) is 21.8 Å². The number of nitrogens with one attached hydrogen (secondary N) is 1. The Morgan fingerprint density at radius 2 is 2.30 bits per heavy atom. The Bertz CT molecular complexity index is 454. The highest BCUT2D eigenvalue weighted by Gasteiger charge is 2.40. The van der Waals surface area contributed by atoms with Gasteiger partial charge in [0, 0.05) is 24.9 Å². The molecule has 1 atom stereocenters. The number of carbonyl (C=O) groups excluding carboxylic acids is 1. The monoisotopic (exact) mass is 279 g/mol. The van der Waals surface area contributed by atoms with Crippen molar-refractivity contribution in [3.63, 3.8) is 0 Å². The first-order valence-corrected chi connectivity index (χ1v) is 7.54. The number of aromatic nitrogens is 2. The van der Waals surface area contributed by atoms with Crippen LogP contribution in [0.15, 0.2) is 12.4 Å². The molecule has 1 unspecified atom stereocenters. The van der Waals surface area contributed by atoms with E-state index in [0.29, 0.717) is 19.2 Å². The van der Waals surface area contributed by atoms with E-state index >= 15 is 0 Å². The van der Waals surface area contributed by atoms with Crippen molar-refractivity contribution in [3.05, 3.63) is 18.2 Å². The third-order valence-electron chi connectivity index (χ3n) is 3.59. The molecule has 0 bridgehead atoms. The van der Waals surface area contributed by atoms with Crippen molar-refractivity contribution in [1.82, 2.24) is 14.9 Å². The van der Waals surface area contributed by atoms with E-state index in [-0.39, 0.29) is 5.97 Å². The van der Waals surface area contributed by atoms with E-state index < -0.39 is 5.54 Å². The molecule has 5 nitrogen and oxygen atoms in total. The summed E-state index contributed by atoms with van der Waals surface area (Å²) in [4.78, 5) is 16.7. The maximum absolute atomic E-state index is 12.3. The molecule has 1 aromatic rings. The average molecular weight is 279 g/mol. The lowest BCUT2D eigenvalue weighted by molar-refractivity contribution is -0.151. The number of ether oxygens (including phenoxy) is 1. The van der Waals surface area contributed by atoms with Crippen molar-refractivity contribution >= 4 is 5.97 Å². The van der Waals surface area contributed by atoms with Crippen LogP contribution in [-0.4, -0.2) is 33.7 Å². The molecule has 1 aliphatic carbocycles. The van der Waals surface area contributed by atoms with Crippen molar-refractivity contribution in [2.45, 2.75) is 64.6 Å². The lowest BCUT2D eigenvalue weighted by Gasteiger charge is -2.29. The molecular formula is C15H25N3O2. The smallest absolute Gasteiger partial charge is 0.327 e. The molecule has 0 spiro atoms. The molecule has 5 heteroatoms. The Hall–Kier alpha value is -1.36. The maximum atomic E-state index is 12.3. The summed E-state index contributed by atoms with van der Waals surface area (Å²) in [7, 11) is 0. The van der Waals surface area contributed by atoms with E-state index in [1.807, 2.05) is 20.0 Å². The van der Waals surface area contributed by atoms with E-state index in [1.165, 1.54) is 0 Å². The second-order valence-corrected chi connectivity index (χ2v) is 5.69. The molecule has 1 fully saturated rings. The van der Waals surface area contributed by atoms with Gasteiger partial charge in [0.1, 0.15) is 11.4 Å². The van der Waals surface area contributed by atoms with Crippen LogP contribution in [0.5, 0.6) is 0 Å². The molecule has 1 saturated carbocycles. The summed E-state index contributed by atoms with van der Waals surface area (Å²) in [5, 5.41) is 3.44. The minimum atomic E-state index is -0.680. The van der Waals surface area contributed by atoms with Gasteiger partial charge in [0.05, 0.1) is 13.2 Å². The van der Waals surface area contributed by atoms with Gasteiger partial charge in [0.2, 0.25) is 0 Å². The van der Waals surface area contributed by atoms with Crippen LogP contribution in [-0.2, 0) is 22.5 Å². The predicted molar refractivity (Wildman–Crippen MR) is 77.4 cm³/mol. The first kappa shape index (κ1) is 15.0. The van der Waals surface area contributed by atoms with E-state index in [1.54, 1.807) is 6.20 Å². The van der Waals surface area contributed by atoms with Crippen molar-refractivity contribution in [1.29, 1.82) is 0 Å². The number of carbonyl (C=O) groups is 1. The molecule has 112 valence electrons. The third-order valence-corrected chi connectivity index (χ3v) is 3.59. The zero-order valence-electron chi connectivity index (χ0n) is 12.7. The Morgan fingerprint density at radius 1 is 1.55 bits per heavy atom. The fourth-order valence-electron chi connectivity index (χ4n) is 2.41. The van der Waals surface area contributed by atoms with Crippen LogP contribution in [0.3, 0.4) is 0 Å². The summed E-state index contributed by atoms with van der Waals surface area (Å²) >= 11 is 0. The fraction of sp³-hybridized carbons (Fsp3) is 0.733. The van der Waals surface area contributed by atoms with Gasteiger partial charge >= 0.3 is 5.97 Å². The Labute approximate surface area is 120 Å². The van der Waals surface area contributed by atoms with Gasteiger partial charge in [-0.3, -0.25) is 5.32 Å². The molecule has 1 aromatic heterocycles. The molecule has 2 rings (SSSR count). The second-order valence-electron chi connectivity index (χ2n) is 5.69. The highest BCUT2D eigenvalue weighted by molar-refractivity contribution is 5.80. The zero-order chi connectivity index (χ0) is 14.6. The van der Waals surface area contributed by atoms with Gasteiger partial charge in [-0.1, -0.05) is 6.92 Å². The van der Waals surface area contributed by atoms with Crippen LogP contribution < -0.4 is 5.32 Å². The summed E-state index contributed by atoms with van der Waals surface area (Å²) in [6.07, 6.45) is 7.99. The van der Waals surface area contributed by atoms with Crippen LogP contribution in [0.2, 0.25) is 0 Å². The van der Waals surface area contributed by atoms with Crippen molar-refractivity contribution in [3.8, 4) is 0 Å². The van der Waals surface area contributed by atoms with E-state index in [4.69, 9.17) is 4.74 Å². The molecule has 0 saturated heterocycles. The number of esters is 1. The molecule has 20 heavy (non-hydrogen) atoms. The summed E-state index contributed by atoms with van der Waals surface area (Å²) in [6, 6.07) is 0.447. The zero-order valence-corrected chi connectivity index (χ0v) is 12.7. The van der Waals surface area contributed by atoms with Gasteiger partial charge in [-0.2, -0.15) is 0 Å². The number of imidazole rings is 1. The van der Waals surface area contributed by atoms with Gasteiger partial charge in [0.15, 0.2) is 0 Å². The molecule has 0 aromatic carbocycles. The number of hydrogen-bond acceptors (Lipinski definition) is 4. The number of hydrogen-bond donors (Lipinski definition) is 1. The minimum Gasteiger partial charge on any atom is -0.465 e. The topological polar surface area (TPSA) is 56.2 Å². The lowest BCUT2D eigenvalue weighted by Crippen LogP contribution is -2.54. The van der Waals surface area contributed by atoms with Crippen LogP contribution in [0.4, 0.5) is 0 Å². The number of rotatable bonds is 8. The summed E-state index contributed by atoms with van der Waals surface area (Å²) < 4.78 is 7.31. The van der Waals surface area contributed by atoms with Gasteiger partial charge in [-0.15, -0.1) is 0 Å². The maximum Gasteiger partial charge on any atom is 0.327 e. The summed E-state index contributed by atoms with van der Waals surface area (Å²) in [6.45, 7) is 6.88. The molecule has 1 heterocycles. The quantitative estimate of drug-likeness (QED) is 0.739. The highest BCUT2D eigenvalue weighted by Crippen LogP contribution is 2.24. The predicted octanol–water partition coefficient (Wildman–Crippen LogP) is 1.91. The standard InChI is InChI=1S/C15H25N3O2/c1-4-6-13-16-9-10-18(13)11-15(3,14(19)20-5-2)17-12-7-8-12/h9-10,12,17H,4-8,11H2,1-3H3. The normalized spacial score (nSPS) is 17.8. The Balaban J connectivity index is 2.13. The van der Waals surface area contributed by atoms with Gasteiger partial charge in [-0.05, 0) is 33.1 Å². The SMILES string of the molecule is CCCc1nccn1CC(C)(NC1CC1)C(=O)OCC. The molecule has 0 radical (unpaired) electrons. The third kappa shape index (κ3) is 3.60. The lowest BCUT2D eigenvalue weighted by atomic mass is 10.0. The molecule has 0 aliphatic heterocycles. The van der Waals surface area contributed by atoms with Crippen LogP contribution in [0.25, 0.3) is 0 Å². The van der Waals surface area contributed by atoms with E-state index in [0.717, 1.165) is 31.5 Å². The van der Waals surface area contributed by atoms with Gasteiger partial charge < -0.3 is 9.30 Å². The van der Waals surface area contributed by atoms with Crippen LogP contribution in [0, 0.1) is 0 Å². The second kappa shape index (κ2) is 6.39. The van der Waals surface area contributed by atoms with Crippen molar-refractivity contribution in [2.75, 3.05) is 6.61 Å². The van der Waals surface area contributed by atoms with Crippen molar-refractivity contribution < 1.29 is 9.53 Å². The fourth-order valence-corrected chi connectivity index (χ4v) is 2.41. The number of nitrogens with zero attached hydrogens (tertiary/aromatic N) is 2. The number of aryl methyl sites for hydroxylation is 1. The molecule has 0 amide bonds. The minimum absolute atomic E-state index is 0.178. The molecule has 1 aliphatic rings. The first-order chi connectivity index (χ1) is 9.59. The summed E-state index contributed by atoms with van der Waals surface area (Å²) in [5.74, 6) is 0.851. The Morgan fingerprint density at radius 3 is 2.90 bits per heavy atom. The van der Waals surface area contributed by atoms with E-state index in [9.17, 15) is 4.79 Å². The first-order valence-electron chi connectivity index (χ1n) is 7.54. The van der Waals surface area contributed by atoms with Gasteiger partial charge in [-0.25, -0.2) is 9.78 Å². The van der Waals surface area contributed by atoms with Gasteiger partial charge in [0.25, 0.3) is 0 Å². The van der Waals surface area contributed by atoms with Crippen LogP contribution in [0.1, 0.15) is 45.9 Å². The highest BCUT2D eigenvalue weighted by atomic mass is 16.5. The largest absolute Gasteiger partial charge is 0.465 e. The van der Waals surface area contributed by atoms with Crippen molar-refractivity contribution in [2.24, 2.45) is 0 Å².